The monoisotopic (exact) mass is 443 g/mol. The van der Waals surface area contributed by atoms with Gasteiger partial charge in [-0.25, -0.2) is 8.42 Å². The van der Waals surface area contributed by atoms with Gasteiger partial charge in [0.05, 0.1) is 16.6 Å². The van der Waals surface area contributed by atoms with Crippen LogP contribution < -0.4 is 4.31 Å². The lowest BCUT2D eigenvalue weighted by molar-refractivity contribution is 0.470. The van der Waals surface area contributed by atoms with E-state index in [1.807, 2.05) is 49.4 Å². The number of phenolic OH excluding ortho intramolecular Hbond substituents is 1. The summed E-state index contributed by atoms with van der Waals surface area (Å²) in [4.78, 5) is 0.165. The number of aryl methyl sites for hydroxylation is 1. The molecule has 138 valence electrons. The lowest BCUT2D eigenvalue weighted by Gasteiger charge is -2.37. The number of aromatic hydroxyl groups is 1. The predicted octanol–water partition coefficient (Wildman–Crippen LogP) is 5.40. The van der Waals surface area contributed by atoms with Crippen LogP contribution >= 0.6 is 15.9 Å². The summed E-state index contributed by atoms with van der Waals surface area (Å²) in [5.74, 6) is 0.0790. The van der Waals surface area contributed by atoms with Crippen LogP contribution in [-0.2, 0) is 10.0 Å². The number of anilines is 1. The van der Waals surface area contributed by atoms with Gasteiger partial charge in [-0.05, 0) is 66.9 Å². The summed E-state index contributed by atoms with van der Waals surface area (Å²) in [5.41, 5.74) is 4.04. The zero-order chi connectivity index (χ0) is 19.3. The predicted molar refractivity (Wildman–Crippen MR) is 111 cm³/mol. The molecule has 1 aliphatic heterocycles. The van der Waals surface area contributed by atoms with Crippen LogP contribution in [0.4, 0.5) is 5.69 Å². The summed E-state index contributed by atoms with van der Waals surface area (Å²) in [6.45, 7) is 3.59. The van der Waals surface area contributed by atoms with Crippen molar-refractivity contribution in [2.45, 2.75) is 24.8 Å². The number of sulfonamides is 1. The molecule has 0 saturated carbocycles. The largest absolute Gasteiger partial charge is 0.508 e. The molecule has 1 unspecified atom stereocenters. The van der Waals surface area contributed by atoms with Crippen molar-refractivity contribution in [2.24, 2.45) is 0 Å². The van der Waals surface area contributed by atoms with Crippen LogP contribution in [0.25, 0.3) is 11.1 Å². The number of benzene rings is 3. The molecule has 1 heterocycles. The van der Waals surface area contributed by atoms with Gasteiger partial charge in [0.1, 0.15) is 5.75 Å². The third kappa shape index (κ3) is 2.84. The quantitative estimate of drug-likeness (QED) is 0.576. The van der Waals surface area contributed by atoms with Gasteiger partial charge in [-0.2, -0.15) is 0 Å². The fourth-order valence-corrected chi connectivity index (χ4v) is 5.70. The molecule has 1 atom stereocenters. The Morgan fingerprint density at radius 1 is 1.00 bits per heavy atom. The second-order valence-corrected chi connectivity index (χ2v) is 9.40. The van der Waals surface area contributed by atoms with Crippen molar-refractivity contribution < 1.29 is 13.5 Å². The highest BCUT2D eigenvalue weighted by Gasteiger charge is 2.36. The van der Waals surface area contributed by atoms with Crippen molar-refractivity contribution in [3.8, 4) is 16.9 Å². The summed E-state index contributed by atoms with van der Waals surface area (Å²) >= 11 is 3.49. The van der Waals surface area contributed by atoms with Crippen molar-refractivity contribution in [3.05, 3.63) is 76.3 Å². The van der Waals surface area contributed by atoms with Crippen molar-refractivity contribution >= 4 is 31.6 Å². The number of halogens is 1. The Kier molecular flexibility index (Phi) is 4.28. The van der Waals surface area contributed by atoms with E-state index in [2.05, 4.69) is 15.9 Å². The van der Waals surface area contributed by atoms with E-state index in [4.69, 9.17) is 0 Å². The molecule has 0 radical (unpaired) electrons. The van der Waals surface area contributed by atoms with Crippen LogP contribution in [0.3, 0.4) is 0 Å². The fraction of sp³-hybridized carbons (Fsp3) is 0.143. The molecule has 4 rings (SSSR count). The normalized spacial score (nSPS) is 16.0. The Morgan fingerprint density at radius 2 is 1.74 bits per heavy atom. The minimum absolute atomic E-state index is 0.0790. The summed E-state index contributed by atoms with van der Waals surface area (Å²) in [5, 5.41) is 9.78. The number of nitrogens with zero attached hydrogens (tertiary/aromatic N) is 1. The number of rotatable bonds is 2. The molecule has 0 spiro atoms. The van der Waals surface area contributed by atoms with Crippen molar-refractivity contribution in [1.82, 2.24) is 0 Å². The topological polar surface area (TPSA) is 57.6 Å². The molecule has 0 bridgehead atoms. The van der Waals surface area contributed by atoms with Crippen LogP contribution in [0.5, 0.6) is 5.75 Å². The molecule has 3 aromatic carbocycles. The Hall–Kier alpha value is -2.31. The van der Waals surface area contributed by atoms with E-state index < -0.39 is 10.0 Å². The number of phenols is 1. The zero-order valence-corrected chi connectivity index (χ0v) is 17.3. The summed E-state index contributed by atoms with van der Waals surface area (Å²) in [6, 6.07) is 17.5. The molecule has 6 heteroatoms. The van der Waals surface area contributed by atoms with Crippen molar-refractivity contribution in [2.75, 3.05) is 4.31 Å². The highest BCUT2D eigenvalue weighted by atomic mass is 79.9. The lowest BCUT2D eigenvalue weighted by atomic mass is 9.90. The number of fused-ring (bicyclic) bond motifs is 3. The van der Waals surface area contributed by atoms with E-state index >= 15 is 0 Å². The average molecular weight is 444 g/mol. The first-order chi connectivity index (χ1) is 12.8. The van der Waals surface area contributed by atoms with Gasteiger partial charge >= 0.3 is 0 Å². The molecular formula is C21H18BrNO3S. The number of hydrogen-bond acceptors (Lipinski definition) is 3. The summed E-state index contributed by atoms with van der Waals surface area (Å²) in [6.07, 6.45) is 0. The van der Waals surface area contributed by atoms with E-state index in [0.29, 0.717) is 11.3 Å². The van der Waals surface area contributed by atoms with E-state index in [-0.39, 0.29) is 16.7 Å². The Morgan fingerprint density at radius 3 is 2.48 bits per heavy atom. The van der Waals surface area contributed by atoms with Gasteiger partial charge in [0, 0.05) is 10.0 Å². The van der Waals surface area contributed by atoms with Gasteiger partial charge in [-0.1, -0.05) is 40.2 Å². The van der Waals surface area contributed by atoms with Gasteiger partial charge < -0.3 is 5.11 Å². The highest BCUT2D eigenvalue weighted by molar-refractivity contribution is 9.10. The molecule has 3 aromatic rings. The van der Waals surface area contributed by atoms with Crippen LogP contribution in [-0.4, -0.2) is 13.5 Å². The first-order valence-electron chi connectivity index (χ1n) is 8.53. The van der Waals surface area contributed by atoms with Gasteiger partial charge in [0.25, 0.3) is 10.0 Å². The second kappa shape index (κ2) is 6.39. The molecule has 1 aliphatic rings. The van der Waals surface area contributed by atoms with Crippen LogP contribution in [0.2, 0.25) is 0 Å². The highest BCUT2D eigenvalue weighted by Crippen LogP contribution is 2.47. The third-order valence-electron chi connectivity index (χ3n) is 4.97. The first kappa shape index (κ1) is 18.1. The molecular weight excluding hydrogens is 426 g/mol. The van der Waals surface area contributed by atoms with Crippen molar-refractivity contribution in [3.63, 3.8) is 0 Å². The fourth-order valence-electron chi connectivity index (χ4n) is 3.60. The van der Waals surface area contributed by atoms with Crippen LogP contribution in [0.1, 0.15) is 24.1 Å². The maximum absolute atomic E-state index is 13.6. The average Bonchev–Trinajstić information content (AvgIpc) is 2.64. The SMILES string of the molecule is Cc1cc(S(=O)(=O)N2c3ccc(Br)cc3-c3ccccc3C2C)ccc1O. The molecule has 0 aromatic heterocycles. The smallest absolute Gasteiger partial charge is 0.264 e. The van der Waals surface area contributed by atoms with Crippen molar-refractivity contribution in [1.29, 1.82) is 0 Å². The minimum atomic E-state index is -3.81. The summed E-state index contributed by atoms with van der Waals surface area (Å²) < 4.78 is 29.5. The summed E-state index contributed by atoms with van der Waals surface area (Å²) in [7, 11) is -3.81. The molecule has 1 N–H and O–H groups in total. The number of hydrogen-bond donors (Lipinski definition) is 1. The van der Waals surface area contributed by atoms with Crippen LogP contribution in [0, 0.1) is 6.92 Å². The van der Waals surface area contributed by atoms with Gasteiger partial charge in [-0.15, -0.1) is 0 Å². The minimum Gasteiger partial charge on any atom is -0.508 e. The van der Waals surface area contributed by atoms with E-state index in [0.717, 1.165) is 21.2 Å². The Labute approximate surface area is 167 Å². The van der Waals surface area contributed by atoms with Gasteiger partial charge in [-0.3, -0.25) is 4.31 Å². The van der Waals surface area contributed by atoms with Crippen LogP contribution in [0.15, 0.2) is 70.0 Å². The zero-order valence-electron chi connectivity index (χ0n) is 14.8. The maximum atomic E-state index is 13.6. The molecule has 0 fully saturated rings. The van der Waals surface area contributed by atoms with E-state index in [1.165, 1.54) is 22.5 Å². The Balaban J connectivity index is 1.97. The maximum Gasteiger partial charge on any atom is 0.264 e. The Bertz CT molecular complexity index is 1160. The molecule has 0 saturated heterocycles. The molecule has 0 aliphatic carbocycles. The van der Waals surface area contributed by atoms with E-state index in [9.17, 15) is 13.5 Å². The standard InChI is InChI=1S/C21H18BrNO3S/c1-13-11-16(8-10-21(13)24)27(25,26)23-14(2)17-5-3-4-6-18(17)19-12-15(22)7-9-20(19)23/h3-12,14,24H,1-2H3. The van der Waals surface area contributed by atoms with E-state index in [1.54, 1.807) is 6.92 Å². The molecule has 27 heavy (non-hydrogen) atoms. The first-order valence-corrected chi connectivity index (χ1v) is 10.8. The van der Waals surface area contributed by atoms with Gasteiger partial charge in [0.15, 0.2) is 0 Å². The molecule has 4 nitrogen and oxygen atoms in total. The third-order valence-corrected chi connectivity index (χ3v) is 7.35. The lowest BCUT2D eigenvalue weighted by Crippen LogP contribution is -2.36. The second-order valence-electron chi connectivity index (χ2n) is 6.67. The molecule has 0 amide bonds. The van der Waals surface area contributed by atoms with Gasteiger partial charge in [0.2, 0.25) is 0 Å².